The summed E-state index contributed by atoms with van der Waals surface area (Å²) in [6.07, 6.45) is -3.05. The van der Waals surface area contributed by atoms with Crippen molar-refractivity contribution in [3.63, 3.8) is 0 Å². The Bertz CT molecular complexity index is 3600. The Labute approximate surface area is 365 Å². The number of nitrogens with zero attached hydrogens (tertiary/aromatic N) is 4. The van der Waals surface area contributed by atoms with Crippen LogP contribution < -0.4 is 14.5 Å². The number of halogens is 3. The van der Waals surface area contributed by atoms with Crippen LogP contribution in [0.25, 0.3) is 49.9 Å². The van der Waals surface area contributed by atoms with Crippen molar-refractivity contribution in [1.82, 2.24) is 9.55 Å². The van der Waals surface area contributed by atoms with E-state index in [0.29, 0.717) is 17.2 Å². The first-order valence-corrected chi connectivity index (χ1v) is 19.6. The van der Waals surface area contributed by atoms with Gasteiger partial charge in [-0.2, -0.15) is 13.2 Å². The number of hydrogen-bond donors (Lipinski definition) is 0. The van der Waals surface area contributed by atoms with E-state index in [1.807, 2.05) is 47.0 Å². The summed E-state index contributed by atoms with van der Waals surface area (Å²) >= 11 is 0. The summed E-state index contributed by atoms with van der Waals surface area (Å²) < 4.78 is 131. The fraction of sp³-hybridized carbons (Fsp3) is 0.113. The zero-order valence-electron chi connectivity index (χ0n) is 42.2. The fourth-order valence-corrected chi connectivity index (χ4v) is 8.05. The number of benzene rings is 7. The number of fused-ring (bicyclic) bond motifs is 4. The third kappa shape index (κ3) is 6.94. The second-order valence-corrected chi connectivity index (χ2v) is 15.8. The maximum absolute atomic E-state index is 15.0. The lowest BCUT2D eigenvalue weighted by atomic mass is 9.88. The molecular formula is C53H41F3N4O. The highest BCUT2D eigenvalue weighted by Crippen LogP contribution is 2.51. The molecule has 0 bridgehead atoms. The first kappa shape index (κ1) is 29.0. The first-order chi connectivity index (χ1) is 33.2. The molecule has 0 N–H and O–H groups in total. The lowest BCUT2D eigenvalue weighted by molar-refractivity contribution is -0.137. The molecule has 7 aromatic carbocycles. The van der Waals surface area contributed by atoms with Gasteiger partial charge in [-0.05, 0) is 76.7 Å². The molecule has 0 saturated carbocycles. The minimum atomic E-state index is -4.82. The summed E-state index contributed by atoms with van der Waals surface area (Å²) in [5, 5.41) is 1.84. The molecule has 3 heterocycles. The molecule has 1 aliphatic heterocycles. The highest BCUT2D eigenvalue weighted by atomic mass is 19.4. The van der Waals surface area contributed by atoms with Crippen molar-refractivity contribution < 1.29 is 30.2 Å². The predicted molar refractivity (Wildman–Crippen MR) is 242 cm³/mol. The Balaban J connectivity index is 1.13. The lowest BCUT2D eigenvalue weighted by Gasteiger charge is -2.27. The quantitative estimate of drug-likeness (QED) is 0.160. The van der Waals surface area contributed by atoms with E-state index in [0.717, 1.165) is 39.5 Å². The van der Waals surface area contributed by atoms with E-state index >= 15 is 13.2 Å². The number of pyridine rings is 1. The first-order valence-electron chi connectivity index (χ1n) is 24.1. The van der Waals surface area contributed by atoms with E-state index in [2.05, 4.69) is 20.8 Å². The van der Waals surface area contributed by atoms with Gasteiger partial charge in [-0.1, -0.05) is 130 Å². The lowest BCUT2D eigenvalue weighted by Crippen LogP contribution is -2.25. The number of para-hydroxylation sites is 4. The minimum absolute atomic E-state index is 0.0506. The van der Waals surface area contributed by atoms with Crippen LogP contribution in [0.1, 0.15) is 44.2 Å². The van der Waals surface area contributed by atoms with Crippen molar-refractivity contribution in [3.05, 3.63) is 193 Å². The molecule has 8 heteroatoms. The number of aromatic nitrogens is 2. The summed E-state index contributed by atoms with van der Waals surface area (Å²) in [4.78, 5) is 8.08. The molecule has 0 aliphatic carbocycles. The monoisotopic (exact) mass is 815 g/mol. The average Bonchev–Trinajstić information content (AvgIpc) is 3.88. The van der Waals surface area contributed by atoms with Crippen LogP contribution in [0.3, 0.4) is 0 Å². The molecule has 1 aliphatic rings. The van der Waals surface area contributed by atoms with Crippen molar-refractivity contribution in [2.24, 2.45) is 0 Å². The van der Waals surface area contributed by atoms with E-state index in [1.54, 1.807) is 70.6 Å². The normalized spacial score (nSPS) is 15.0. The van der Waals surface area contributed by atoms with E-state index in [9.17, 15) is 0 Å². The largest absolute Gasteiger partial charge is 0.457 e. The number of rotatable bonds is 7. The maximum atomic E-state index is 15.0. The molecule has 5 nitrogen and oxygen atoms in total. The van der Waals surface area contributed by atoms with Gasteiger partial charge in [0.1, 0.15) is 24.0 Å². The molecule has 300 valence electrons. The molecule has 10 rings (SSSR count). The molecule has 0 fully saturated rings. The van der Waals surface area contributed by atoms with Crippen LogP contribution in [0, 0.1) is 0 Å². The molecule has 9 aromatic rings. The summed E-state index contributed by atoms with van der Waals surface area (Å²) in [5.74, 6) is 0.816. The molecule has 0 radical (unpaired) electrons. The van der Waals surface area contributed by atoms with Crippen molar-refractivity contribution >= 4 is 44.6 Å². The van der Waals surface area contributed by atoms with Gasteiger partial charge < -0.3 is 14.5 Å². The Morgan fingerprint density at radius 3 is 2.05 bits per heavy atom. The number of ether oxygens (including phenoxy) is 1. The SMILES string of the molecule is [2H]c1cc(-c2cccc(-c3c([2H])c([2H])c([2H])c([2H])c3[2H])c2N2CN(c3cc(Oc4ccc5c6ccccc6n(-c6cc(C(C)(C)C)ccn6)c5c4)cc(C(F)(F)F)c3)c3ccccc32)c([2H])c([2H])c1[2H]. The van der Waals surface area contributed by atoms with Crippen molar-refractivity contribution in [1.29, 1.82) is 0 Å². The zero-order chi connectivity index (χ0) is 49.7. The van der Waals surface area contributed by atoms with E-state index in [-0.39, 0.29) is 63.3 Å². The molecule has 0 atom stereocenters. The van der Waals surface area contributed by atoms with Gasteiger partial charge in [0.2, 0.25) is 0 Å². The molecule has 0 spiro atoms. The van der Waals surface area contributed by atoms with Crippen molar-refractivity contribution in [2.45, 2.75) is 32.4 Å². The molecule has 0 saturated heterocycles. The van der Waals surface area contributed by atoms with Gasteiger partial charge in [0.25, 0.3) is 0 Å². The van der Waals surface area contributed by atoms with Crippen LogP contribution in [0.5, 0.6) is 11.5 Å². The zero-order valence-corrected chi connectivity index (χ0v) is 33.2. The molecule has 2 aromatic heterocycles. The predicted octanol–water partition coefficient (Wildman–Crippen LogP) is 14.9. The Kier molecular flexibility index (Phi) is 7.01. The number of anilines is 4. The summed E-state index contributed by atoms with van der Waals surface area (Å²) in [6, 6.07) is 29.0. The highest BCUT2D eigenvalue weighted by Gasteiger charge is 2.35. The van der Waals surface area contributed by atoms with E-state index < -0.39 is 60.1 Å². The van der Waals surface area contributed by atoms with Crippen LogP contribution in [-0.2, 0) is 11.6 Å². The Hall–Kier alpha value is -7.32. The Morgan fingerprint density at radius 1 is 0.590 bits per heavy atom. The molecule has 61 heavy (non-hydrogen) atoms. The van der Waals surface area contributed by atoms with Gasteiger partial charge in [0, 0.05) is 45.9 Å². The van der Waals surface area contributed by atoms with Gasteiger partial charge in [-0.15, -0.1) is 0 Å². The maximum Gasteiger partial charge on any atom is 0.416 e. The summed E-state index contributed by atoms with van der Waals surface area (Å²) in [7, 11) is 0. The molecule has 0 unspecified atom stereocenters. The summed E-state index contributed by atoms with van der Waals surface area (Å²) in [6.45, 7) is 6.15. The van der Waals surface area contributed by atoms with Crippen LogP contribution in [0.2, 0.25) is 0 Å². The second kappa shape index (κ2) is 14.7. The van der Waals surface area contributed by atoms with Crippen LogP contribution >= 0.6 is 0 Å². The fourth-order valence-electron chi connectivity index (χ4n) is 8.05. The third-order valence-corrected chi connectivity index (χ3v) is 10.9. The molecular weight excluding hydrogens is 766 g/mol. The third-order valence-electron chi connectivity index (χ3n) is 10.9. The van der Waals surface area contributed by atoms with E-state index in [1.165, 1.54) is 12.1 Å². The second-order valence-electron chi connectivity index (χ2n) is 15.8. The standard InChI is InChI=1S/C53H41F3N4O/c1-52(2,3)37-27-28-57-50(31-37)60-46-22-11-10-19-44(46)45-26-25-40(33-49(45)60)61-41-30-38(53(54,55)56)29-39(32-41)58-34-59(48-24-13-12-23-47(48)58)51-42(35-15-6-4-7-16-35)20-14-21-43(51)36-17-8-5-9-18-36/h4-33H,34H2,1-3H3/i4D,5D,6D,7D,8D,9D,15D,16D,17D. The number of hydrogen-bond acceptors (Lipinski definition) is 4. The average molecular weight is 816 g/mol. The van der Waals surface area contributed by atoms with E-state index in [4.69, 9.17) is 22.1 Å². The van der Waals surface area contributed by atoms with Gasteiger partial charge in [0.15, 0.2) is 0 Å². The summed E-state index contributed by atoms with van der Waals surface area (Å²) in [5.41, 5.74) is 2.90. The van der Waals surface area contributed by atoms with Crippen LogP contribution in [0.15, 0.2) is 182 Å². The van der Waals surface area contributed by atoms with Gasteiger partial charge in [-0.3, -0.25) is 4.57 Å². The van der Waals surface area contributed by atoms with Gasteiger partial charge >= 0.3 is 6.18 Å². The van der Waals surface area contributed by atoms with Crippen molar-refractivity contribution in [2.75, 3.05) is 16.5 Å². The smallest absolute Gasteiger partial charge is 0.416 e. The van der Waals surface area contributed by atoms with Crippen LogP contribution in [0.4, 0.5) is 35.9 Å². The van der Waals surface area contributed by atoms with Crippen LogP contribution in [-0.4, -0.2) is 16.2 Å². The Morgan fingerprint density at radius 2 is 1.28 bits per heavy atom. The highest BCUT2D eigenvalue weighted by molar-refractivity contribution is 6.09. The number of alkyl halides is 3. The van der Waals surface area contributed by atoms with Gasteiger partial charge in [0.05, 0.1) is 46.0 Å². The van der Waals surface area contributed by atoms with Crippen molar-refractivity contribution in [3.8, 4) is 39.6 Å². The minimum Gasteiger partial charge on any atom is -0.457 e. The van der Waals surface area contributed by atoms with Gasteiger partial charge in [-0.25, -0.2) is 4.98 Å². The topological polar surface area (TPSA) is 33.5 Å². The molecule has 0 amide bonds.